The van der Waals surface area contributed by atoms with E-state index in [1.54, 1.807) is 0 Å². The summed E-state index contributed by atoms with van der Waals surface area (Å²) in [5.41, 5.74) is 5.09. The highest BCUT2D eigenvalue weighted by molar-refractivity contribution is 5.65. The molecule has 3 rings (SSSR count). The van der Waals surface area contributed by atoms with Crippen LogP contribution in [0.15, 0.2) is 12.1 Å². The number of nitrogens with zero attached hydrogens (tertiary/aromatic N) is 3. The molecule has 2 heterocycles. The van der Waals surface area contributed by atoms with Crippen LogP contribution < -0.4 is 5.32 Å². The third-order valence-corrected chi connectivity index (χ3v) is 3.52. The van der Waals surface area contributed by atoms with E-state index in [4.69, 9.17) is 0 Å². The predicted molar refractivity (Wildman–Crippen MR) is 71.4 cm³/mol. The van der Waals surface area contributed by atoms with Crippen molar-refractivity contribution in [2.75, 3.05) is 6.54 Å². The van der Waals surface area contributed by atoms with Crippen molar-refractivity contribution in [1.29, 1.82) is 0 Å². The highest BCUT2D eigenvalue weighted by atomic mass is 15.3. The molecule has 0 amide bonds. The van der Waals surface area contributed by atoms with E-state index in [1.165, 1.54) is 22.3 Å². The van der Waals surface area contributed by atoms with Crippen molar-refractivity contribution in [3.05, 3.63) is 34.6 Å². The first-order valence-corrected chi connectivity index (χ1v) is 6.38. The molecule has 18 heavy (non-hydrogen) atoms. The fourth-order valence-electron chi connectivity index (χ4n) is 2.81. The molecule has 1 aromatic heterocycles. The van der Waals surface area contributed by atoms with Gasteiger partial charge in [-0.15, -0.1) is 10.2 Å². The second kappa shape index (κ2) is 4.21. The summed E-state index contributed by atoms with van der Waals surface area (Å²) >= 11 is 0. The molecule has 94 valence electrons. The Bertz CT molecular complexity index is 575. The van der Waals surface area contributed by atoms with Crippen LogP contribution in [-0.2, 0) is 13.1 Å². The molecular formula is C14H18N4. The lowest BCUT2D eigenvalue weighted by Crippen LogP contribution is -2.28. The molecule has 0 spiro atoms. The van der Waals surface area contributed by atoms with Gasteiger partial charge in [-0.2, -0.15) is 0 Å². The van der Waals surface area contributed by atoms with E-state index in [9.17, 15) is 0 Å². The normalized spacial score (nSPS) is 14.6. The highest BCUT2D eigenvalue weighted by Gasteiger charge is 2.19. The van der Waals surface area contributed by atoms with E-state index in [2.05, 4.69) is 53.0 Å². The van der Waals surface area contributed by atoms with Gasteiger partial charge in [0, 0.05) is 18.7 Å². The summed E-state index contributed by atoms with van der Waals surface area (Å²) in [5.74, 6) is 2.05. The minimum Gasteiger partial charge on any atom is -0.309 e. The Hall–Kier alpha value is -1.68. The molecule has 0 unspecified atom stereocenters. The molecule has 1 aromatic carbocycles. The summed E-state index contributed by atoms with van der Waals surface area (Å²) in [6, 6.07) is 4.43. The number of rotatable bonds is 1. The van der Waals surface area contributed by atoms with Crippen LogP contribution in [0.4, 0.5) is 0 Å². The summed E-state index contributed by atoms with van der Waals surface area (Å²) in [5, 5.41) is 12.0. The van der Waals surface area contributed by atoms with Gasteiger partial charge < -0.3 is 9.88 Å². The van der Waals surface area contributed by atoms with Gasteiger partial charge in [0.05, 0.1) is 6.54 Å². The van der Waals surface area contributed by atoms with Gasteiger partial charge in [-0.1, -0.05) is 17.7 Å². The van der Waals surface area contributed by atoms with Crippen molar-refractivity contribution < 1.29 is 0 Å². The Morgan fingerprint density at radius 3 is 2.56 bits per heavy atom. The van der Waals surface area contributed by atoms with E-state index < -0.39 is 0 Å². The van der Waals surface area contributed by atoms with Gasteiger partial charge in [0.2, 0.25) is 0 Å². The summed E-state index contributed by atoms with van der Waals surface area (Å²) in [6.45, 7) is 9.19. The minimum atomic E-state index is 0.816. The number of benzene rings is 1. The predicted octanol–water partition coefficient (Wildman–Crippen LogP) is 1.97. The molecule has 1 aliphatic rings. The molecule has 0 saturated heterocycles. The van der Waals surface area contributed by atoms with E-state index in [0.29, 0.717) is 0 Å². The first-order valence-electron chi connectivity index (χ1n) is 6.38. The van der Waals surface area contributed by atoms with Gasteiger partial charge in [-0.25, -0.2) is 0 Å². The van der Waals surface area contributed by atoms with Crippen molar-refractivity contribution in [3.8, 4) is 11.4 Å². The Kier molecular flexibility index (Phi) is 2.67. The number of fused-ring (bicyclic) bond motifs is 1. The fourth-order valence-corrected chi connectivity index (χ4v) is 2.81. The quantitative estimate of drug-likeness (QED) is 0.831. The molecule has 2 aromatic rings. The van der Waals surface area contributed by atoms with Gasteiger partial charge >= 0.3 is 0 Å². The van der Waals surface area contributed by atoms with Gasteiger partial charge in [0.25, 0.3) is 0 Å². The Labute approximate surface area is 107 Å². The summed E-state index contributed by atoms with van der Waals surface area (Å²) < 4.78 is 2.24. The number of aryl methyl sites for hydroxylation is 3. The van der Waals surface area contributed by atoms with Crippen LogP contribution in [0.2, 0.25) is 0 Å². The lowest BCUT2D eigenvalue weighted by atomic mass is 9.99. The maximum Gasteiger partial charge on any atom is 0.164 e. The molecule has 0 bridgehead atoms. The summed E-state index contributed by atoms with van der Waals surface area (Å²) in [6.07, 6.45) is 0. The van der Waals surface area contributed by atoms with E-state index in [-0.39, 0.29) is 0 Å². The number of aromatic nitrogens is 3. The van der Waals surface area contributed by atoms with Gasteiger partial charge in [-0.3, -0.25) is 0 Å². The molecular weight excluding hydrogens is 224 g/mol. The number of hydrogen-bond donors (Lipinski definition) is 1. The van der Waals surface area contributed by atoms with Crippen LogP contribution in [0.25, 0.3) is 11.4 Å². The maximum atomic E-state index is 4.39. The van der Waals surface area contributed by atoms with Crippen LogP contribution in [0.1, 0.15) is 22.5 Å². The zero-order valence-corrected chi connectivity index (χ0v) is 11.1. The number of nitrogens with one attached hydrogen (secondary N) is 1. The van der Waals surface area contributed by atoms with Crippen LogP contribution in [0.3, 0.4) is 0 Å². The first kappa shape index (κ1) is 11.4. The molecule has 1 aliphatic heterocycles. The topological polar surface area (TPSA) is 42.7 Å². The van der Waals surface area contributed by atoms with E-state index in [0.717, 1.165) is 31.3 Å². The average molecular weight is 242 g/mol. The Morgan fingerprint density at radius 2 is 1.83 bits per heavy atom. The first-order chi connectivity index (χ1) is 8.66. The fraction of sp³-hybridized carbons (Fsp3) is 0.429. The highest BCUT2D eigenvalue weighted by Crippen LogP contribution is 2.28. The smallest absolute Gasteiger partial charge is 0.164 e. The van der Waals surface area contributed by atoms with Crippen LogP contribution in [-0.4, -0.2) is 21.3 Å². The maximum absolute atomic E-state index is 4.39. The standard InChI is InChI=1S/C14H18N4/c1-9-6-10(2)13(11(3)7-9)14-17-16-12-8-15-4-5-18(12)14/h6-7,15H,4-5,8H2,1-3H3. The number of hydrogen-bond acceptors (Lipinski definition) is 3. The molecule has 4 heteroatoms. The van der Waals surface area contributed by atoms with Gasteiger partial charge in [-0.05, 0) is 31.9 Å². The monoisotopic (exact) mass is 242 g/mol. The molecule has 0 aliphatic carbocycles. The van der Waals surface area contributed by atoms with Crippen molar-refractivity contribution in [1.82, 2.24) is 20.1 Å². The minimum absolute atomic E-state index is 0.816. The zero-order chi connectivity index (χ0) is 12.7. The van der Waals surface area contributed by atoms with Crippen LogP contribution in [0, 0.1) is 20.8 Å². The third kappa shape index (κ3) is 1.73. The molecule has 0 fully saturated rings. The lowest BCUT2D eigenvalue weighted by Gasteiger charge is -2.18. The van der Waals surface area contributed by atoms with Crippen LogP contribution >= 0.6 is 0 Å². The summed E-state index contributed by atoms with van der Waals surface area (Å²) in [7, 11) is 0. The average Bonchev–Trinajstić information content (AvgIpc) is 2.72. The second-order valence-corrected chi connectivity index (χ2v) is 5.04. The van der Waals surface area contributed by atoms with Gasteiger partial charge in [0.15, 0.2) is 5.82 Å². The molecule has 0 saturated carbocycles. The molecule has 4 nitrogen and oxygen atoms in total. The van der Waals surface area contributed by atoms with Crippen molar-refractivity contribution in [3.63, 3.8) is 0 Å². The van der Waals surface area contributed by atoms with Crippen molar-refractivity contribution >= 4 is 0 Å². The Morgan fingerprint density at radius 1 is 1.11 bits per heavy atom. The van der Waals surface area contributed by atoms with Crippen LogP contribution in [0.5, 0.6) is 0 Å². The third-order valence-electron chi connectivity index (χ3n) is 3.52. The SMILES string of the molecule is Cc1cc(C)c(-c2nnc3n2CCNC3)c(C)c1. The lowest BCUT2D eigenvalue weighted by molar-refractivity contribution is 0.508. The Balaban J connectivity index is 2.18. The van der Waals surface area contributed by atoms with E-state index >= 15 is 0 Å². The zero-order valence-electron chi connectivity index (χ0n) is 11.1. The molecule has 0 radical (unpaired) electrons. The second-order valence-electron chi connectivity index (χ2n) is 5.04. The largest absolute Gasteiger partial charge is 0.309 e. The van der Waals surface area contributed by atoms with Crippen molar-refractivity contribution in [2.24, 2.45) is 0 Å². The molecule has 0 atom stereocenters. The van der Waals surface area contributed by atoms with Gasteiger partial charge in [0.1, 0.15) is 5.82 Å². The van der Waals surface area contributed by atoms with Crippen molar-refractivity contribution in [2.45, 2.75) is 33.9 Å². The molecule has 1 N–H and O–H groups in total. The summed E-state index contributed by atoms with van der Waals surface area (Å²) in [4.78, 5) is 0. The van der Waals surface area contributed by atoms with E-state index in [1.807, 2.05) is 0 Å².